The third-order valence-corrected chi connectivity index (χ3v) is 6.29. The number of thiazole rings is 1. The number of hydrogen-bond donors (Lipinski definition) is 1. The maximum atomic E-state index is 11.6. The summed E-state index contributed by atoms with van der Waals surface area (Å²) in [6.07, 6.45) is 2.26. The predicted molar refractivity (Wildman–Crippen MR) is 59.6 cm³/mol. The largest absolute Gasteiger partial charge is 0.477 e. The van der Waals surface area contributed by atoms with Crippen LogP contribution in [0.4, 0.5) is 0 Å². The van der Waals surface area contributed by atoms with Gasteiger partial charge in [0.05, 0.1) is 5.69 Å². The van der Waals surface area contributed by atoms with Crippen molar-refractivity contribution < 1.29 is 18.3 Å². The van der Waals surface area contributed by atoms with Crippen molar-refractivity contribution in [1.29, 1.82) is 0 Å². The summed E-state index contributed by atoms with van der Waals surface area (Å²) in [4.78, 5) is 15.1. The van der Waals surface area contributed by atoms with E-state index >= 15 is 0 Å². The highest BCUT2D eigenvalue weighted by molar-refractivity contribution is 7.92. The summed E-state index contributed by atoms with van der Waals surface area (Å²) in [7, 11) is -3.22. The molecule has 0 radical (unpaired) electrons. The Bertz CT molecular complexity index is 554. The van der Waals surface area contributed by atoms with Gasteiger partial charge in [0, 0.05) is 6.26 Å². The molecule has 0 atom stereocenters. The molecule has 1 aliphatic carbocycles. The molecule has 1 aromatic heterocycles. The Hall–Kier alpha value is -0.950. The molecule has 88 valence electrons. The third kappa shape index (κ3) is 1.54. The Morgan fingerprint density at radius 1 is 1.50 bits per heavy atom. The molecule has 1 heterocycles. The number of aryl methyl sites for hydroxylation is 1. The second-order valence-electron chi connectivity index (χ2n) is 4.01. The van der Waals surface area contributed by atoms with Gasteiger partial charge in [0.15, 0.2) is 9.84 Å². The monoisotopic (exact) mass is 261 g/mol. The van der Waals surface area contributed by atoms with Crippen LogP contribution in [-0.4, -0.2) is 30.7 Å². The topological polar surface area (TPSA) is 84.3 Å². The number of aromatic carboxylic acids is 1. The van der Waals surface area contributed by atoms with E-state index < -0.39 is 20.6 Å². The van der Waals surface area contributed by atoms with E-state index in [1.165, 1.54) is 6.26 Å². The molecule has 16 heavy (non-hydrogen) atoms. The second kappa shape index (κ2) is 3.27. The van der Waals surface area contributed by atoms with Gasteiger partial charge in [0.1, 0.15) is 14.6 Å². The molecule has 0 saturated heterocycles. The fourth-order valence-electron chi connectivity index (χ4n) is 1.65. The molecular formula is C9H11NO4S2. The summed E-state index contributed by atoms with van der Waals surface area (Å²) in [5.41, 5.74) is 0.391. The molecule has 0 amide bonds. The lowest BCUT2D eigenvalue weighted by Crippen LogP contribution is -2.18. The average Bonchev–Trinajstić information content (AvgIpc) is 2.84. The molecule has 5 nitrogen and oxygen atoms in total. The van der Waals surface area contributed by atoms with E-state index in [1.807, 2.05) is 0 Å². The lowest BCUT2D eigenvalue weighted by molar-refractivity contribution is 0.0701. The lowest BCUT2D eigenvalue weighted by Gasteiger charge is -2.08. The highest BCUT2D eigenvalue weighted by atomic mass is 32.2. The van der Waals surface area contributed by atoms with E-state index in [0.29, 0.717) is 23.5 Å². The van der Waals surface area contributed by atoms with Crippen LogP contribution in [0.1, 0.15) is 33.2 Å². The molecule has 0 aliphatic heterocycles. The van der Waals surface area contributed by atoms with Gasteiger partial charge in [-0.3, -0.25) is 0 Å². The van der Waals surface area contributed by atoms with Crippen LogP contribution in [0, 0.1) is 6.92 Å². The van der Waals surface area contributed by atoms with Crippen molar-refractivity contribution in [1.82, 2.24) is 4.98 Å². The van der Waals surface area contributed by atoms with Crippen molar-refractivity contribution in [2.75, 3.05) is 6.26 Å². The SMILES string of the molecule is Cc1nc(C2(S(C)(=O)=O)CC2)sc1C(=O)O. The van der Waals surface area contributed by atoms with Crippen molar-refractivity contribution in [2.24, 2.45) is 0 Å². The van der Waals surface area contributed by atoms with Crippen LogP contribution in [-0.2, 0) is 14.6 Å². The first-order valence-electron chi connectivity index (χ1n) is 4.69. The Balaban J connectivity index is 2.52. The number of sulfone groups is 1. The van der Waals surface area contributed by atoms with E-state index in [1.54, 1.807) is 6.92 Å². The van der Waals surface area contributed by atoms with Gasteiger partial charge in [0.25, 0.3) is 0 Å². The zero-order valence-corrected chi connectivity index (χ0v) is 10.5. The smallest absolute Gasteiger partial charge is 0.347 e. The number of carboxylic acids is 1. The fourth-order valence-corrected chi connectivity index (χ4v) is 4.48. The third-order valence-electron chi connectivity index (χ3n) is 2.79. The predicted octanol–water partition coefficient (Wildman–Crippen LogP) is 1.18. The number of carboxylic acid groups (broad SMARTS) is 1. The highest BCUT2D eigenvalue weighted by Crippen LogP contribution is 2.53. The van der Waals surface area contributed by atoms with E-state index in [-0.39, 0.29) is 4.88 Å². The lowest BCUT2D eigenvalue weighted by atomic mass is 10.4. The van der Waals surface area contributed by atoms with Crippen LogP contribution in [0.25, 0.3) is 0 Å². The summed E-state index contributed by atoms with van der Waals surface area (Å²) in [5, 5.41) is 9.31. The number of carbonyl (C=O) groups is 1. The second-order valence-corrected chi connectivity index (χ2v) is 7.33. The standard InChI is InChI=1S/C9H11NO4S2/c1-5-6(7(11)12)15-8(10-5)9(3-4-9)16(2,13)14/h3-4H2,1-2H3,(H,11,12). The van der Waals surface area contributed by atoms with E-state index in [2.05, 4.69) is 4.98 Å². The van der Waals surface area contributed by atoms with E-state index in [4.69, 9.17) is 5.11 Å². The minimum absolute atomic E-state index is 0.130. The number of rotatable bonds is 3. The Labute approximate surface area is 97.1 Å². The number of aromatic nitrogens is 1. The summed E-state index contributed by atoms with van der Waals surface area (Å²) < 4.78 is 22.3. The average molecular weight is 261 g/mol. The van der Waals surface area contributed by atoms with Gasteiger partial charge in [-0.2, -0.15) is 0 Å². The van der Waals surface area contributed by atoms with Gasteiger partial charge < -0.3 is 5.11 Å². The van der Waals surface area contributed by atoms with Crippen LogP contribution >= 0.6 is 11.3 Å². The summed E-state index contributed by atoms with van der Waals surface area (Å²) in [5.74, 6) is -1.05. The Morgan fingerprint density at radius 2 is 2.06 bits per heavy atom. The van der Waals surface area contributed by atoms with Crippen LogP contribution in [0.5, 0.6) is 0 Å². The van der Waals surface area contributed by atoms with Crippen molar-refractivity contribution >= 4 is 27.1 Å². The molecule has 1 aliphatic rings. The van der Waals surface area contributed by atoms with Crippen molar-refractivity contribution in [3.05, 3.63) is 15.6 Å². The van der Waals surface area contributed by atoms with Crippen LogP contribution < -0.4 is 0 Å². The molecule has 1 fully saturated rings. The molecule has 1 saturated carbocycles. The van der Waals surface area contributed by atoms with Gasteiger partial charge in [0.2, 0.25) is 0 Å². The molecule has 7 heteroatoms. The van der Waals surface area contributed by atoms with Gasteiger partial charge in [-0.15, -0.1) is 11.3 Å². The molecule has 0 spiro atoms. The first kappa shape index (κ1) is 11.5. The molecule has 1 N–H and O–H groups in total. The van der Waals surface area contributed by atoms with Crippen LogP contribution in [0.3, 0.4) is 0 Å². The minimum Gasteiger partial charge on any atom is -0.477 e. The van der Waals surface area contributed by atoms with Crippen molar-refractivity contribution in [2.45, 2.75) is 24.5 Å². The maximum absolute atomic E-state index is 11.6. The first-order chi connectivity index (χ1) is 7.28. The molecule has 1 aromatic rings. The van der Waals surface area contributed by atoms with Gasteiger partial charge in [-0.25, -0.2) is 18.2 Å². The normalized spacial score (nSPS) is 18.4. The highest BCUT2D eigenvalue weighted by Gasteiger charge is 2.56. The Kier molecular flexibility index (Phi) is 2.36. The van der Waals surface area contributed by atoms with Gasteiger partial charge in [-0.05, 0) is 19.8 Å². The zero-order chi connectivity index (χ0) is 12.1. The summed E-state index contributed by atoms with van der Waals surface area (Å²) in [6.45, 7) is 1.59. The number of hydrogen-bond acceptors (Lipinski definition) is 5. The molecule has 0 aromatic carbocycles. The number of nitrogens with zero attached hydrogens (tertiary/aromatic N) is 1. The molecular weight excluding hydrogens is 250 g/mol. The van der Waals surface area contributed by atoms with E-state index in [0.717, 1.165) is 11.3 Å². The fraction of sp³-hybridized carbons (Fsp3) is 0.556. The summed E-state index contributed by atoms with van der Waals surface area (Å²) in [6, 6.07) is 0. The Morgan fingerprint density at radius 3 is 2.38 bits per heavy atom. The van der Waals surface area contributed by atoms with Crippen LogP contribution in [0.15, 0.2) is 0 Å². The first-order valence-corrected chi connectivity index (χ1v) is 7.39. The quantitative estimate of drug-likeness (QED) is 0.883. The maximum Gasteiger partial charge on any atom is 0.347 e. The minimum atomic E-state index is -3.22. The van der Waals surface area contributed by atoms with Crippen LogP contribution in [0.2, 0.25) is 0 Å². The summed E-state index contributed by atoms with van der Waals surface area (Å²) >= 11 is 0.974. The molecule has 2 rings (SSSR count). The van der Waals surface area contributed by atoms with Crippen molar-refractivity contribution in [3.8, 4) is 0 Å². The van der Waals surface area contributed by atoms with Gasteiger partial charge >= 0.3 is 5.97 Å². The zero-order valence-electron chi connectivity index (χ0n) is 8.85. The van der Waals surface area contributed by atoms with Gasteiger partial charge in [-0.1, -0.05) is 0 Å². The molecule has 0 unspecified atom stereocenters. The molecule has 0 bridgehead atoms. The van der Waals surface area contributed by atoms with E-state index in [9.17, 15) is 13.2 Å². The van der Waals surface area contributed by atoms with Crippen molar-refractivity contribution in [3.63, 3.8) is 0 Å².